The van der Waals surface area contributed by atoms with Crippen molar-refractivity contribution >= 4 is 11.7 Å². The minimum absolute atomic E-state index is 0.0863. The van der Waals surface area contributed by atoms with Gasteiger partial charge in [-0.1, -0.05) is 44.2 Å². The van der Waals surface area contributed by atoms with Crippen molar-refractivity contribution in [1.82, 2.24) is 15.3 Å². The standard InChI is InChI=1S/C22H30N4O/c1-15(2)12-21(27)24-19(16-8-6-5-7-9-16)13-18-14-20(26(3)4)25-22(23-18)17-10-11-17/h5-9,14-15,17,19H,10-13H2,1-4H3,(H,24,27)/t19-/m1/s1. The molecule has 144 valence electrons. The van der Waals surface area contributed by atoms with Crippen molar-refractivity contribution in [3.63, 3.8) is 0 Å². The largest absolute Gasteiger partial charge is 0.363 e. The summed E-state index contributed by atoms with van der Waals surface area (Å²) in [4.78, 5) is 24.0. The van der Waals surface area contributed by atoms with Gasteiger partial charge in [-0.3, -0.25) is 4.79 Å². The summed E-state index contributed by atoms with van der Waals surface area (Å²) in [6.45, 7) is 4.12. The highest BCUT2D eigenvalue weighted by molar-refractivity contribution is 5.76. The van der Waals surface area contributed by atoms with Crippen LogP contribution in [0.15, 0.2) is 36.4 Å². The molecule has 5 nitrogen and oxygen atoms in total. The molecule has 1 atom stereocenters. The number of nitrogens with one attached hydrogen (secondary N) is 1. The number of benzene rings is 1. The van der Waals surface area contributed by atoms with E-state index in [0.717, 1.165) is 22.9 Å². The Morgan fingerprint density at radius 1 is 1.19 bits per heavy atom. The molecule has 1 fully saturated rings. The second-order valence-corrected chi connectivity index (χ2v) is 8.08. The van der Waals surface area contributed by atoms with E-state index < -0.39 is 0 Å². The second-order valence-electron chi connectivity index (χ2n) is 8.08. The number of hydrogen-bond donors (Lipinski definition) is 1. The third-order valence-electron chi connectivity index (χ3n) is 4.73. The molecule has 0 saturated heterocycles. The number of carbonyl (C=O) groups excluding carboxylic acids is 1. The van der Waals surface area contributed by atoms with Gasteiger partial charge in [0.25, 0.3) is 0 Å². The van der Waals surface area contributed by atoms with Gasteiger partial charge in [0, 0.05) is 44.6 Å². The lowest BCUT2D eigenvalue weighted by Gasteiger charge is -2.21. The Kier molecular flexibility index (Phi) is 6.09. The Hall–Kier alpha value is -2.43. The van der Waals surface area contributed by atoms with Gasteiger partial charge < -0.3 is 10.2 Å². The van der Waals surface area contributed by atoms with E-state index in [9.17, 15) is 4.79 Å². The van der Waals surface area contributed by atoms with Gasteiger partial charge in [0.15, 0.2) is 0 Å². The molecule has 1 aromatic carbocycles. The highest BCUT2D eigenvalue weighted by atomic mass is 16.1. The van der Waals surface area contributed by atoms with Crippen LogP contribution in [0.2, 0.25) is 0 Å². The molecule has 1 aromatic heterocycles. The summed E-state index contributed by atoms with van der Waals surface area (Å²) < 4.78 is 0. The molecule has 27 heavy (non-hydrogen) atoms. The van der Waals surface area contributed by atoms with E-state index in [4.69, 9.17) is 9.97 Å². The summed E-state index contributed by atoms with van der Waals surface area (Å²) in [6, 6.07) is 12.1. The van der Waals surface area contributed by atoms with Crippen molar-refractivity contribution in [2.45, 2.75) is 51.5 Å². The van der Waals surface area contributed by atoms with E-state index in [1.165, 1.54) is 12.8 Å². The summed E-state index contributed by atoms with van der Waals surface area (Å²) in [5, 5.41) is 3.21. The van der Waals surface area contributed by atoms with Gasteiger partial charge in [-0.15, -0.1) is 0 Å². The first-order valence-corrected chi connectivity index (χ1v) is 9.82. The van der Waals surface area contributed by atoms with Crippen LogP contribution in [-0.2, 0) is 11.2 Å². The molecule has 0 radical (unpaired) electrons. The smallest absolute Gasteiger partial charge is 0.220 e. The van der Waals surface area contributed by atoms with E-state index in [0.29, 0.717) is 24.7 Å². The predicted octanol–water partition coefficient (Wildman–Crippen LogP) is 3.87. The number of nitrogens with zero attached hydrogens (tertiary/aromatic N) is 3. The van der Waals surface area contributed by atoms with Crippen LogP contribution in [0.1, 0.15) is 62.2 Å². The molecule has 1 heterocycles. The van der Waals surface area contributed by atoms with Crippen LogP contribution in [0.5, 0.6) is 0 Å². The fourth-order valence-electron chi connectivity index (χ4n) is 3.13. The van der Waals surface area contributed by atoms with Crippen molar-refractivity contribution in [1.29, 1.82) is 0 Å². The van der Waals surface area contributed by atoms with E-state index in [1.807, 2.05) is 43.3 Å². The van der Waals surface area contributed by atoms with Crippen LogP contribution < -0.4 is 10.2 Å². The summed E-state index contributed by atoms with van der Waals surface area (Å²) in [7, 11) is 4.00. The number of anilines is 1. The molecule has 0 spiro atoms. The molecular weight excluding hydrogens is 336 g/mol. The summed E-state index contributed by atoms with van der Waals surface area (Å²) in [6.07, 6.45) is 3.54. The highest BCUT2D eigenvalue weighted by Crippen LogP contribution is 2.38. The number of hydrogen-bond acceptors (Lipinski definition) is 4. The van der Waals surface area contributed by atoms with Gasteiger partial charge in [0.1, 0.15) is 11.6 Å². The summed E-state index contributed by atoms with van der Waals surface area (Å²) >= 11 is 0. The second kappa shape index (κ2) is 8.51. The Labute approximate surface area is 162 Å². The molecular formula is C22H30N4O. The van der Waals surface area contributed by atoms with Crippen LogP contribution in [-0.4, -0.2) is 30.0 Å². The molecule has 0 bridgehead atoms. The molecule has 1 amide bonds. The van der Waals surface area contributed by atoms with E-state index in [2.05, 4.69) is 31.3 Å². The van der Waals surface area contributed by atoms with E-state index in [1.54, 1.807) is 0 Å². The minimum Gasteiger partial charge on any atom is -0.363 e. The molecule has 0 unspecified atom stereocenters. The Balaban J connectivity index is 1.86. The first-order chi connectivity index (χ1) is 12.9. The molecule has 1 saturated carbocycles. The Bertz CT molecular complexity index is 749. The fraction of sp³-hybridized carbons (Fsp3) is 0.500. The average molecular weight is 367 g/mol. The fourth-order valence-corrected chi connectivity index (χ4v) is 3.13. The van der Waals surface area contributed by atoms with E-state index in [-0.39, 0.29) is 11.9 Å². The first kappa shape index (κ1) is 19.3. The number of amides is 1. The zero-order valence-corrected chi connectivity index (χ0v) is 16.8. The van der Waals surface area contributed by atoms with Gasteiger partial charge in [-0.25, -0.2) is 9.97 Å². The predicted molar refractivity (Wildman–Crippen MR) is 109 cm³/mol. The average Bonchev–Trinajstić information content (AvgIpc) is 3.46. The number of aromatic nitrogens is 2. The Morgan fingerprint density at radius 2 is 1.89 bits per heavy atom. The molecule has 3 rings (SSSR count). The van der Waals surface area contributed by atoms with Crippen LogP contribution in [0.4, 0.5) is 5.82 Å². The van der Waals surface area contributed by atoms with Gasteiger partial charge in [0.05, 0.1) is 6.04 Å². The zero-order valence-electron chi connectivity index (χ0n) is 16.8. The summed E-state index contributed by atoms with van der Waals surface area (Å²) in [5.74, 6) is 2.79. The molecule has 0 aliphatic heterocycles. The topological polar surface area (TPSA) is 58.1 Å². The molecule has 1 aliphatic carbocycles. The van der Waals surface area contributed by atoms with Crippen LogP contribution >= 0.6 is 0 Å². The molecule has 1 N–H and O–H groups in total. The maximum atomic E-state index is 12.4. The third kappa shape index (κ3) is 5.52. The lowest BCUT2D eigenvalue weighted by atomic mass is 10.0. The van der Waals surface area contributed by atoms with Crippen LogP contribution in [0.3, 0.4) is 0 Å². The van der Waals surface area contributed by atoms with Crippen molar-refractivity contribution < 1.29 is 4.79 Å². The van der Waals surface area contributed by atoms with Crippen molar-refractivity contribution in [3.05, 3.63) is 53.5 Å². The third-order valence-corrected chi connectivity index (χ3v) is 4.73. The lowest BCUT2D eigenvalue weighted by molar-refractivity contribution is -0.122. The van der Waals surface area contributed by atoms with Crippen LogP contribution in [0, 0.1) is 5.92 Å². The lowest BCUT2D eigenvalue weighted by Crippen LogP contribution is -2.31. The van der Waals surface area contributed by atoms with Crippen LogP contribution in [0.25, 0.3) is 0 Å². The maximum absolute atomic E-state index is 12.4. The first-order valence-electron chi connectivity index (χ1n) is 9.82. The van der Waals surface area contributed by atoms with Gasteiger partial charge in [-0.05, 0) is 24.3 Å². The number of carbonyl (C=O) groups is 1. The monoisotopic (exact) mass is 366 g/mol. The van der Waals surface area contributed by atoms with Gasteiger partial charge >= 0.3 is 0 Å². The van der Waals surface area contributed by atoms with Crippen molar-refractivity contribution in [2.75, 3.05) is 19.0 Å². The maximum Gasteiger partial charge on any atom is 0.220 e. The number of rotatable bonds is 8. The van der Waals surface area contributed by atoms with Gasteiger partial charge in [-0.2, -0.15) is 0 Å². The van der Waals surface area contributed by atoms with E-state index >= 15 is 0 Å². The Morgan fingerprint density at radius 3 is 2.48 bits per heavy atom. The zero-order chi connectivity index (χ0) is 19.4. The highest BCUT2D eigenvalue weighted by Gasteiger charge is 2.28. The van der Waals surface area contributed by atoms with Gasteiger partial charge in [0.2, 0.25) is 5.91 Å². The quantitative estimate of drug-likeness (QED) is 0.770. The SMILES string of the molecule is CC(C)CC(=O)N[C@H](Cc1cc(N(C)C)nc(C2CC2)n1)c1ccccc1. The van der Waals surface area contributed by atoms with Crippen molar-refractivity contribution in [3.8, 4) is 0 Å². The molecule has 5 heteroatoms. The minimum atomic E-state index is -0.0885. The molecule has 2 aromatic rings. The van der Waals surface area contributed by atoms with Crippen molar-refractivity contribution in [2.24, 2.45) is 5.92 Å². The normalized spacial score (nSPS) is 14.9. The molecule has 1 aliphatic rings. The summed E-state index contributed by atoms with van der Waals surface area (Å²) in [5.41, 5.74) is 2.09.